The molecular weight excluding hydrogens is 305 g/mol. The number of primary amides is 1. The van der Waals surface area contributed by atoms with Gasteiger partial charge < -0.3 is 10.3 Å². The number of nitrogens with zero attached hydrogens (tertiary/aromatic N) is 2. The smallest absolute Gasteiger partial charge is 0.265 e. The van der Waals surface area contributed by atoms with Gasteiger partial charge in [-0.05, 0) is 80.7 Å². The topological polar surface area (TPSA) is 51.3 Å². The van der Waals surface area contributed by atoms with Crippen molar-refractivity contribution >= 4 is 5.91 Å². The molecule has 0 unspecified atom stereocenters. The summed E-state index contributed by atoms with van der Waals surface area (Å²) < 4.78 is 15.4. The van der Waals surface area contributed by atoms with E-state index >= 15 is 0 Å². The molecule has 3 saturated heterocycles. The van der Waals surface area contributed by atoms with Crippen molar-refractivity contribution in [3.8, 4) is 11.3 Å². The number of aromatic nitrogens is 1. The number of carbonyl (C=O) groups excluding carboxylic acids is 1. The van der Waals surface area contributed by atoms with Crippen LogP contribution in [0.5, 0.6) is 0 Å². The summed E-state index contributed by atoms with van der Waals surface area (Å²) in [5, 5.41) is 0. The Kier molecular flexibility index (Phi) is 3.68. The van der Waals surface area contributed by atoms with Gasteiger partial charge in [0.05, 0.1) is 6.04 Å². The van der Waals surface area contributed by atoms with E-state index in [1.54, 1.807) is 18.2 Å². The summed E-state index contributed by atoms with van der Waals surface area (Å²) in [5.41, 5.74) is 8.04. The number of rotatable bonds is 3. The summed E-state index contributed by atoms with van der Waals surface area (Å²) in [6, 6.07) is 10.7. The summed E-state index contributed by atoms with van der Waals surface area (Å²) in [6.45, 7) is 4.48. The summed E-state index contributed by atoms with van der Waals surface area (Å²) >= 11 is 0. The minimum absolute atomic E-state index is 0.227. The highest BCUT2D eigenvalue weighted by Gasteiger charge is 2.42. The number of carbonyl (C=O) groups is 1. The Morgan fingerprint density at radius 3 is 2.38 bits per heavy atom. The molecule has 3 aliphatic rings. The lowest BCUT2D eigenvalue weighted by Crippen LogP contribution is -2.54. The number of benzene rings is 1. The van der Waals surface area contributed by atoms with Crippen LogP contribution in [0.4, 0.5) is 4.39 Å². The van der Waals surface area contributed by atoms with Gasteiger partial charge in [0, 0.05) is 11.7 Å². The molecule has 24 heavy (non-hydrogen) atoms. The predicted octanol–water partition coefficient (Wildman–Crippen LogP) is 3.05. The second kappa shape index (κ2) is 5.74. The summed E-state index contributed by atoms with van der Waals surface area (Å²) in [7, 11) is 0. The van der Waals surface area contributed by atoms with Gasteiger partial charge in [-0.15, -0.1) is 0 Å². The van der Waals surface area contributed by atoms with Gasteiger partial charge in [-0.2, -0.15) is 0 Å². The van der Waals surface area contributed by atoms with E-state index in [2.05, 4.69) is 16.4 Å². The SMILES string of the molecule is C[C@H]1[C@H](n2c(C(N)=O)ccc2-c2ccc(F)cc2)C2CCN1CC2. The largest absolute Gasteiger partial charge is 0.364 e. The number of fused-ring (bicyclic) bond motifs is 3. The van der Waals surface area contributed by atoms with Crippen LogP contribution in [0.15, 0.2) is 36.4 Å². The molecule has 0 spiro atoms. The average Bonchev–Trinajstić information content (AvgIpc) is 3.01. The first-order chi connectivity index (χ1) is 11.6. The molecule has 2 atom stereocenters. The van der Waals surface area contributed by atoms with Crippen molar-refractivity contribution in [1.82, 2.24) is 9.47 Å². The van der Waals surface area contributed by atoms with Crippen molar-refractivity contribution in [2.24, 2.45) is 11.7 Å². The van der Waals surface area contributed by atoms with Crippen LogP contribution in [0.25, 0.3) is 11.3 Å². The molecule has 4 nitrogen and oxygen atoms in total. The van der Waals surface area contributed by atoms with Crippen LogP contribution < -0.4 is 5.73 Å². The number of hydrogen-bond acceptors (Lipinski definition) is 2. The van der Waals surface area contributed by atoms with E-state index in [-0.39, 0.29) is 11.9 Å². The Balaban J connectivity index is 1.85. The number of piperidine rings is 3. The van der Waals surface area contributed by atoms with E-state index in [9.17, 15) is 9.18 Å². The van der Waals surface area contributed by atoms with E-state index < -0.39 is 5.91 Å². The number of nitrogens with two attached hydrogens (primary N) is 1. The second-order valence-electron chi connectivity index (χ2n) is 6.95. The minimum atomic E-state index is -0.410. The zero-order valence-corrected chi connectivity index (χ0v) is 13.8. The summed E-state index contributed by atoms with van der Waals surface area (Å²) in [5.74, 6) is -0.120. The van der Waals surface area contributed by atoms with Gasteiger partial charge in [-0.1, -0.05) is 0 Å². The van der Waals surface area contributed by atoms with Crippen LogP contribution in [0.3, 0.4) is 0 Å². The summed E-state index contributed by atoms with van der Waals surface area (Å²) in [6.07, 6.45) is 2.29. The Morgan fingerprint density at radius 1 is 1.12 bits per heavy atom. The van der Waals surface area contributed by atoms with Gasteiger partial charge >= 0.3 is 0 Å². The monoisotopic (exact) mass is 327 g/mol. The maximum atomic E-state index is 13.3. The molecule has 3 aliphatic heterocycles. The second-order valence-corrected chi connectivity index (χ2v) is 6.95. The zero-order chi connectivity index (χ0) is 16.8. The first-order valence-corrected chi connectivity index (χ1v) is 8.57. The fraction of sp³-hybridized carbons (Fsp3) is 0.421. The van der Waals surface area contributed by atoms with Gasteiger partial charge in [0.1, 0.15) is 11.5 Å². The molecule has 4 heterocycles. The van der Waals surface area contributed by atoms with Gasteiger partial charge in [0.25, 0.3) is 5.91 Å². The van der Waals surface area contributed by atoms with E-state index in [1.807, 2.05) is 6.07 Å². The quantitative estimate of drug-likeness (QED) is 0.942. The third kappa shape index (κ3) is 2.35. The van der Waals surface area contributed by atoms with Crippen LogP contribution >= 0.6 is 0 Å². The zero-order valence-electron chi connectivity index (χ0n) is 13.8. The molecule has 0 aliphatic carbocycles. The molecular formula is C19H22FN3O. The predicted molar refractivity (Wildman–Crippen MR) is 91.1 cm³/mol. The maximum Gasteiger partial charge on any atom is 0.265 e. The van der Waals surface area contributed by atoms with Gasteiger partial charge in [-0.25, -0.2) is 4.39 Å². The molecule has 2 bridgehead atoms. The van der Waals surface area contributed by atoms with Gasteiger partial charge in [0.2, 0.25) is 0 Å². The van der Waals surface area contributed by atoms with Crippen LogP contribution in [-0.2, 0) is 0 Å². The lowest BCUT2D eigenvalue weighted by Gasteiger charge is -2.51. The first-order valence-electron chi connectivity index (χ1n) is 8.57. The van der Waals surface area contributed by atoms with E-state index in [0.29, 0.717) is 17.7 Å². The molecule has 5 rings (SSSR count). The molecule has 2 aromatic rings. The Bertz CT molecular complexity index is 757. The van der Waals surface area contributed by atoms with Crippen molar-refractivity contribution < 1.29 is 9.18 Å². The lowest BCUT2D eigenvalue weighted by atomic mass is 9.79. The van der Waals surface area contributed by atoms with Crippen LogP contribution in [-0.4, -0.2) is 34.5 Å². The molecule has 1 amide bonds. The normalized spacial score (nSPS) is 28.9. The first kappa shape index (κ1) is 15.4. The van der Waals surface area contributed by atoms with E-state index in [1.165, 1.54) is 12.1 Å². The molecule has 0 radical (unpaired) electrons. The highest BCUT2D eigenvalue weighted by molar-refractivity contribution is 5.92. The van der Waals surface area contributed by atoms with Gasteiger partial charge in [-0.3, -0.25) is 9.69 Å². The van der Waals surface area contributed by atoms with Gasteiger partial charge in [0.15, 0.2) is 0 Å². The third-order valence-corrected chi connectivity index (χ3v) is 5.74. The minimum Gasteiger partial charge on any atom is -0.364 e. The Labute approximate surface area is 141 Å². The van der Waals surface area contributed by atoms with E-state index in [0.717, 1.165) is 37.2 Å². The highest BCUT2D eigenvalue weighted by Crippen LogP contribution is 2.43. The molecule has 126 valence electrons. The van der Waals surface area contributed by atoms with Crippen LogP contribution in [0, 0.1) is 11.7 Å². The van der Waals surface area contributed by atoms with Crippen molar-refractivity contribution in [1.29, 1.82) is 0 Å². The van der Waals surface area contributed by atoms with E-state index in [4.69, 9.17) is 5.73 Å². The van der Waals surface area contributed by atoms with Crippen LogP contribution in [0.1, 0.15) is 36.3 Å². The molecule has 2 N–H and O–H groups in total. The number of halogens is 1. The highest BCUT2D eigenvalue weighted by atomic mass is 19.1. The molecule has 1 aromatic heterocycles. The van der Waals surface area contributed by atoms with Crippen molar-refractivity contribution in [3.05, 3.63) is 47.9 Å². The van der Waals surface area contributed by atoms with Crippen molar-refractivity contribution in [2.45, 2.75) is 31.8 Å². The Morgan fingerprint density at radius 2 is 1.79 bits per heavy atom. The Hall–Kier alpha value is -2.14. The molecule has 0 saturated carbocycles. The molecule has 3 fully saturated rings. The summed E-state index contributed by atoms with van der Waals surface area (Å²) in [4.78, 5) is 14.5. The maximum absolute atomic E-state index is 13.3. The van der Waals surface area contributed by atoms with Crippen molar-refractivity contribution in [3.63, 3.8) is 0 Å². The fourth-order valence-corrected chi connectivity index (χ4v) is 4.53. The fourth-order valence-electron chi connectivity index (χ4n) is 4.53. The number of hydrogen-bond donors (Lipinski definition) is 1. The van der Waals surface area contributed by atoms with Crippen LogP contribution in [0.2, 0.25) is 0 Å². The molecule has 1 aromatic carbocycles. The lowest BCUT2D eigenvalue weighted by molar-refractivity contribution is 0.00606. The van der Waals surface area contributed by atoms with Crippen molar-refractivity contribution in [2.75, 3.05) is 13.1 Å². The third-order valence-electron chi connectivity index (χ3n) is 5.74. The number of amides is 1. The molecule has 5 heteroatoms. The standard InChI is InChI=1S/C19H22FN3O/c1-12-18(14-8-10-22(12)11-9-14)23-16(6-7-17(23)19(21)24)13-2-4-15(20)5-3-13/h2-7,12,14,18H,8-11H2,1H3,(H2,21,24)/t12-,18-/m0/s1. The average molecular weight is 327 g/mol.